The first-order valence-corrected chi connectivity index (χ1v) is 14.6. The van der Waals surface area contributed by atoms with Crippen molar-refractivity contribution in [2.75, 3.05) is 5.32 Å². The number of fused-ring (bicyclic) bond motifs is 3. The number of rotatable bonds is 5. The van der Waals surface area contributed by atoms with Gasteiger partial charge in [0.15, 0.2) is 22.9 Å². The number of hydrogen-bond acceptors (Lipinski definition) is 9. The van der Waals surface area contributed by atoms with Gasteiger partial charge < -0.3 is 36.6 Å². The van der Waals surface area contributed by atoms with Gasteiger partial charge in [-0.25, -0.2) is 0 Å². The number of carbonyl (C=O) groups excluding carboxylic acids is 4. The average molecular weight is 609 g/mol. The molecule has 0 aromatic heterocycles. The van der Waals surface area contributed by atoms with Crippen LogP contribution in [0.2, 0.25) is 5.02 Å². The topological polar surface area (TPSA) is 207 Å². The van der Waals surface area contributed by atoms with Crippen molar-refractivity contribution in [3.8, 4) is 5.75 Å². The van der Waals surface area contributed by atoms with Crippen LogP contribution in [-0.2, 0) is 14.4 Å². The summed E-state index contributed by atoms with van der Waals surface area (Å²) in [6.07, 6.45) is -5.43. The highest BCUT2D eigenvalue weighted by atomic mass is 35.5. The van der Waals surface area contributed by atoms with Crippen molar-refractivity contribution in [1.82, 2.24) is 0 Å². The molecule has 2 amide bonds. The number of Topliss-reactive ketones (excluding diaryl/α,β-unsaturated/α-hetero) is 2. The highest BCUT2D eigenvalue weighted by Gasteiger charge is 2.80. The number of nitrogens with two attached hydrogens (primary N) is 1. The number of amides is 2. The Morgan fingerprint density at radius 2 is 1.69 bits per heavy atom. The van der Waals surface area contributed by atoms with Crippen molar-refractivity contribution in [2.45, 2.75) is 84.7 Å². The summed E-state index contributed by atoms with van der Waals surface area (Å²) in [6.45, 7) is 11.6. The Morgan fingerprint density at radius 3 is 2.19 bits per heavy atom. The fourth-order valence-corrected chi connectivity index (χ4v) is 8.72. The molecule has 0 heterocycles. The van der Waals surface area contributed by atoms with Crippen LogP contribution >= 0.6 is 11.6 Å². The summed E-state index contributed by atoms with van der Waals surface area (Å²) in [6, 6.07) is 1.41. The van der Waals surface area contributed by atoms with Gasteiger partial charge in [0.2, 0.25) is 11.8 Å². The molecule has 3 aliphatic rings. The third kappa shape index (κ3) is 3.93. The Balaban J connectivity index is 1.98. The molecule has 1 aromatic carbocycles. The Hall–Kier alpha value is -2.57. The van der Waals surface area contributed by atoms with E-state index in [0.717, 1.165) is 0 Å². The van der Waals surface area contributed by atoms with E-state index in [0.29, 0.717) is 0 Å². The number of carbonyl (C=O) groups is 4. The molecular weight excluding hydrogens is 568 g/mol. The second-order valence-electron chi connectivity index (χ2n) is 13.5. The van der Waals surface area contributed by atoms with Gasteiger partial charge in [0.05, 0.1) is 28.7 Å². The number of nitrogens with one attached hydrogen (secondary N) is 1. The number of aliphatic hydroxyl groups is 4. The van der Waals surface area contributed by atoms with Gasteiger partial charge in [-0.3, -0.25) is 19.2 Å². The van der Waals surface area contributed by atoms with Crippen LogP contribution in [0.5, 0.6) is 5.75 Å². The van der Waals surface area contributed by atoms with Crippen molar-refractivity contribution >= 4 is 40.7 Å². The molecule has 0 spiro atoms. The van der Waals surface area contributed by atoms with Gasteiger partial charge in [-0.1, -0.05) is 60.1 Å². The quantitative estimate of drug-likeness (QED) is 0.191. The number of hydrogen-bond donors (Lipinski definition) is 7. The first kappa shape index (κ1) is 32.3. The minimum atomic E-state index is -2.88. The Kier molecular flexibility index (Phi) is 7.90. The third-order valence-electron chi connectivity index (χ3n) is 10.5. The molecule has 11 nitrogen and oxygen atoms in total. The largest absolute Gasteiger partial charge is 0.505 e. The van der Waals surface area contributed by atoms with Crippen LogP contribution in [0.4, 0.5) is 5.69 Å². The Labute approximate surface area is 249 Å². The molecule has 4 rings (SSSR count). The van der Waals surface area contributed by atoms with Gasteiger partial charge in [0.1, 0.15) is 17.7 Å². The molecule has 1 aromatic rings. The number of halogens is 1. The number of primary amides is 1. The summed E-state index contributed by atoms with van der Waals surface area (Å²) in [4.78, 5) is 53.0. The monoisotopic (exact) mass is 608 g/mol. The molecule has 8 N–H and O–H groups in total. The summed E-state index contributed by atoms with van der Waals surface area (Å²) < 4.78 is 0. The van der Waals surface area contributed by atoms with Crippen molar-refractivity contribution in [3.63, 3.8) is 0 Å². The summed E-state index contributed by atoms with van der Waals surface area (Å²) >= 11 is 6.50. The minimum Gasteiger partial charge on any atom is -0.505 e. The van der Waals surface area contributed by atoms with Crippen molar-refractivity contribution in [2.24, 2.45) is 46.2 Å². The molecule has 12 heteroatoms. The Morgan fingerprint density at radius 1 is 1.12 bits per heavy atom. The maximum absolute atomic E-state index is 14.3. The van der Waals surface area contributed by atoms with Gasteiger partial charge in [-0.15, -0.1) is 0 Å². The molecule has 2 fully saturated rings. The van der Waals surface area contributed by atoms with Crippen LogP contribution in [0.15, 0.2) is 6.07 Å². The van der Waals surface area contributed by atoms with E-state index in [2.05, 4.69) is 5.32 Å². The van der Waals surface area contributed by atoms with E-state index in [1.54, 1.807) is 27.7 Å². The number of ketones is 2. The fraction of sp³-hybridized carbons (Fsp3) is 0.667. The lowest BCUT2D eigenvalue weighted by molar-refractivity contribution is -0.306. The van der Waals surface area contributed by atoms with Gasteiger partial charge >= 0.3 is 0 Å². The smallest absolute Gasteiger partial charge is 0.230 e. The lowest BCUT2D eigenvalue weighted by atomic mass is 9.36. The standard InChI is InChI=1S/C30H41ClN2O9/c1-10(2)8-15(34)33-20-14(31)9-13-12(5)28(6)19(21(35)16(13)23(20)37)25(39)30(42)24(38)17(26(32)40)22(36)18(11(3)4)29(30,7)27(28)41/h9-12,17-19,22,25,27,36-37,39,41-42H,8H2,1-7H3,(H2,32,40)(H,33,34)/t12-,17-,18+,19-,22?,25?,27-,28+,29+,30+/m1/s1. The number of benzene rings is 1. The van der Waals surface area contributed by atoms with Crippen LogP contribution in [0.3, 0.4) is 0 Å². The molecule has 0 saturated heterocycles. The molecule has 232 valence electrons. The summed E-state index contributed by atoms with van der Waals surface area (Å²) in [5.74, 6) is -10.5. The van der Waals surface area contributed by atoms with Crippen LogP contribution < -0.4 is 11.1 Å². The molecule has 0 radical (unpaired) electrons. The van der Waals surface area contributed by atoms with Crippen LogP contribution in [0, 0.1) is 40.4 Å². The van der Waals surface area contributed by atoms with E-state index in [-0.39, 0.29) is 34.2 Å². The molecule has 42 heavy (non-hydrogen) atoms. The normalized spacial score (nSPS) is 39.5. The zero-order valence-corrected chi connectivity index (χ0v) is 25.6. The van der Waals surface area contributed by atoms with E-state index in [4.69, 9.17) is 17.3 Å². The van der Waals surface area contributed by atoms with E-state index >= 15 is 0 Å². The second kappa shape index (κ2) is 10.3. The highest BCUT2D eigenvalue weighted by molar-refractivity contribution is 6.34. The SMILES string of the molecule is CC(C)CC(=O)Nc1c(Cl)cc2c(c1O)C(=O)[C@@H]1C(O)[C@@]3(O)C(=O)[C@H](C(N)=O)C(O)[C@H](C(C)C)[C@@]3(C)[C@H](O)[C@@]1(C)[C@@H]2C. The van der Waals surface area contributed by atoms with Crippen molar-refractivity contribution in [1.29, 1.82) is 0 Å². The van der Waals surface area contributed by atoms with E-state index in [1.165, 1.54) is 13.0 Å². The predicted molar refractivity (Wildman–Crippen MR) is 153 cm³/mol. The van der Waals surface area contributed by atoms with Crippen LogP contribution in [0.1, 0.15) is 76.7 Å². The first-order chi connectivity index (χ1) is 19.2. The molecule has 3 aliphatic carbocycles. The molecule has 0 bridgehead atoms. The third-order valence-corrected chi connectivity index (χ3v) is 10.8. The first-order valence-electron chi connectivity index (χ1n) is 14.2. The summed E-state index contributed by atoms with van der Waals surface area (Å²) in [7, 11) is 0. The molecule has 10 atom stereocenters. The summed E-state index contributed by atoms with van der Waals surface area (Å²) in [5.41, 5.74) is -1.15. The predicted octanol–water partition coefficient (Wildman–Crippen LogP) is 1.74. The lowest BCUT2D eigenvalue weighted by Gasteiger charge is -2.69. The van der Waals surface area contributed by atoms with Gasteiger partial charge in [-0.05, 0) is 35.3 Å². The molecule has 0 aliphatic heterocycles. The Bertz CT molecular complexity index is 1360. The number of aliphatic hydroxyl groups excluding tert-OH is 3. The summed E-state index contributed by atoms with van der Waals surface area (Å²) in [5, 5.41) is 61.4. The molecule has 2 saturated carbocycles. The van der Waals surface area contributed by atoms with Crippen LogP contribution in [0.25, 0.3) is 0 Å². The van der Waals surface area contributed by atoms with E-state index < -0.39 is 93.5 Å². The number of phenols is 1. The number of aromatic hydroxyl groups is 1. The zero-order chi connectivity index (χ0) is 32.0. The van der Waals surface area contributed by atoms with Crippen molar-refractivity contribution < 1.29 is 44.7 Å². The van der Waals surface area contributed by atoms with Gasteiger partial charge in [0, 0.05) is 17.3 Å². The maximum Gasteiger partial charge on any atom is 0.230 e. The number of phenolic OH excluding ortho intramolecular Hbond substituents is 1. The van der Waals surface area contributed by atoms with Crippen LogP contribution in [-0.4, -0.2) is 72.8 Å². The minimum absolute atomic E-state index is 0.00900. The maximum atomic E-state index is 14.3. The van der Waals surface area contributed by atoms with Gasteiger partial charge in [0.25, 0.3) is 0 Å². The molecular formula is C30H41ClN2O9. The number of anilines is 1. The van der Waals surface area contributed by atoms with Crippen molar-refractivity contribution in [3.05, 3.63) is 22.2 Å². The van der Waals surface area contributed by atoms with E-state index in [9.17, 15) is 44.7 Å². The fourth-order valence-electron chi connectivity index (χ4n) is 8.47. The highest BCUT2D eigenvalue weighted by Crippen LogP contribution is 2.68. The average Bonchev–Trinajstić information content (AvgIpc) is 2.86. The lowest BCUT2D eigenvalue weighted by Crippen LogP contribution is -2.83. The van der Waals surface area contributed by atoms with Gasteiger partial charge in [-0.2, -0.15) is 0 Å². The molecule has 2 unspecified atom stereocenters. The second-order valence-corrected chi connectivity index (χ2v) is 13.9. The van der Waals surface area contributed by atoms with E-state index in [1.807, 2.05) is 13.8 Å². The zero-order valence-electron chi connectivity index (χ0n) is 24.8.